The molecule has 2 saturated carbocycles. The predicted molar refractivity (Wildman–Crippen MR) is 305 cm³/mol. The van der Waals surface area contributed by atoms with E-state index in [0.717, 1.165) is 109 Å². The fourth-order valence-corrected chi connectivity index (χ4v) is 10.3. The maximum atomic E-state index is 14.3. The number of carboxylic acid groups (broad SMARTS) is 1. The van der Waals surface area contributed by atoms with Gasteiger partial charge < -0.3 is 48.7 Å². The fourth-order valence-electron chi connectivity index (χ4n) is 9.86. The lowest BCUT2D eigenvalue weighted by Crippen LogP contribution is -2.44. The lowest BCUT2D eigenvalue weighted by molar-refractivity contribution is -0.143. The van der Waals surface area contributed by atoms with E-state index in [9.17, 15) is 59.4 Å². The summed E-state index contributed by atoms with van der Waals surface area (Å²) in [4.78, 5) is 49.8. The van der Waals surface area contributed by atoms with Crippen molar-refractivity contribution in [2.24, 2.45) is 0 Å². The lowest BCUT2D eigenvalue weighted by Gasteiger charge is -2.32. The first-order chi connectivity index (χ1) is 41.3. The average molecular weight is 1280 g/mol. The monoisotopic (exact) mass is 1280 g/mol. The van der Waals surface area contributed by atoms with Crippen LogP contribution in [0.3, 0.4) is 0 Å². The first-order valence-corrected chi connectivity index (χ1v) is 28.8. The highest BCUT2D eigenvalue weighted by molar-refractivity contribution is 9.10. The Hall–Kier alpha value is -7.70. The van der Waals surface area contributed by atoms with Crippen LogP contribution in [0.2, 0.25) is 0 Å². The molecule has 3 heterocycles. The second-order valence-electron chi connectivity index (χ2n) is 22.3. The number of fused-ring (bicyclic) bond motifs is 2. The van der Waals surface area contributed by atoms with E-state index < -0.39 is 112 Å². The fraction of sp³-hybridized carbons (Fsp3) is 0.365. The number of benzene rings is 6. The summed E-state index contributed by atoms with van der Waals surface area (Å²) in [7, 11) is 0.557. The van der Waals surface area contributed by atoms with Gasteiger partial charge in [-0.3, -0.25) is 9.59 Å². The van der Waals surface area contributed by atoms with Crippen LogP contribution < -0.4 is 35.0 Å². The van der Waals surface area contributed by atoms with Gasteiger partial charge in [0.05, 0.1) is 48.2 Å². The van der Waals surface area contributed by atoms with E-state index in [1.54, 1.807) is 12.1 Å². The third kappa shape index (κ3) is 14.8. The van der Waals surface area contributed by atoms with E-state index >= 15 is 0 Å². The van der Waals surface area contributed by atoms with Gasteiger partial charge in [-0.2, -0.15) is 0 Å². The van der Waals surface area contributed by atoms with E-state index in [1.165, 1.54) is 7.11 Å². The number of carboxylic acids is 1. The largest absolute Gasteiger partial charge is 0.498 e. The van der Waals surface area contributed by atoms with E-state index in [0.29, 0.717) is 76.5 Å². The van der Waals surface area contributed by atoms with E-state index in [-0.39, 0.29) is 30.8 Å². The van der Waals surface area contributed by atoms with Crippen molar-refractivity contribution in [1.82, 2.24) is 10.6 Å². The molecule has 6 aromatic carbocycles. The Bertz CT molecular complexity index is 3570. The molecule has 5 aliphatic rings. The number of halogens is 9. The Morgan fingerprint density at radius 3 is 1.56 bits per heavy atom. The molecule has 6 aromatic rings. The molecular weight excluding hydrogens is 1220 g/mol. The van der Waals surface area contributed by atoms with Crippen LogP contribution in [0, 0.1) is 46.5 Å². The second-order valence-corrected chi connectivity index (χ2v) is 23.2. The number of hydrogen-bond donors (Lipinski definition) is 3. The van der Waals surface area contributed by atoms with Crippen molar-refractivity contribution >= 4 is 52.3 Å². The predicted octanol–water partition coefficient (Wildman–Crippen LogP) is 11.6. The summed E-state index contributed by atoms with van der Waals surface area (Å²) in [6, 6.07) is 14.4. The molecule has 2 atom stereocenters. The third-order valence-electron chi connectivity index (χ3n) is 15.4. The molecule has 3 fully saturated rings. The molecular formula is C63H60BBrF8N2O12. The van der Waals surface area contributed by atoms with Gasteiger partial charge in [0.2, 0.25) is 0 Å². The van der Waals surface area contributed by atoms with Crippen molar-refractivity contribution in [1.29, 1.82) is 0 Å². The highest BCUT2D eigenvalue weighted by Crippen LogP contribution is 2.45. The van der Waals surface area contributed by atoms with Gasteiger partial charge in [-0.1, -0.05) is 36.4 Å². The number of nitrogens with one attached hydrogen (secondary N) is 2. The number of rotatable bonds is 16. The molecule has 3 N–H and O–H groups in total. The van der Waals surface area contributed by atoms with Gasteiger partial charge in [-0.25, -0.2) is 44.7 Å². The highest BCUT2D eigenvalue weighted by atomic mass is 79.9. The Kier molecular flexibility index (Phi) is 19.6. The number of esters is 1. The van der Waals surface area contributed by atoms with Crippen molar-refractivity contribution < 1.29 is 92.4 Å². The molecule has 0 radical (unpaired) electrons. The summed E-state index contributed by atoms with van der Waals surface area (Å²) in [6.07, 6.45) is 6.13. The van der Waals surface area contributed by atoms with Gasteiger partial charge in [0.1, 0.15) is 69.5 Å². The molecule has 0 bridgehead atoms. The van der Waals surface area contributed by atoms with Gasteiger partial charge in [-0.15, -0.1) is 0 Å². The van der Waals surface area contributed by atoms with Gasteiger partial charge in [0.25, 0.3) is 11.8 Å². The Balaban J connectivity index is 0.000000172. The van der Waals surface area contributed by atoms with E-state index in [4.69, 9.17) is 33.0 Å². The maximum Gasteiger partial charge on any atom is 0.498 e. The van der Waals surface area contributed by atoms with Crippen molar-refractivity contribution in [3.63, 3.8) is 0 Å². The molecule has 24 heteroatoms. The number of carbonyl (C=O) groups is 4. The molecule has 0 unspecified atom stereocenters. The number of amides is 2. The summed E-state index contributed by atoms with van der Waals surface area (Å²) in [5.41, 5.74) is 1.61. The molecule has 2 aliphatic carbocycles. The van der Waals surface area contributed by atoms with Crippen LogP contribution in [0.25, 0.3) is 11.1 Å². The number of carbonyl (C=O) groups excluding carboxylic acids is 3. The summed E-state index contributed by atoms with van der Waals surface area (Å²) < 4.78 is 151. The first kappa shape index (κ1) is 63.8. The molecule has 87 heavy (non-hydrogen) atoms. The highest BCUT2D eigenvalue weighted by Gasteiger charge is 2.53. The summed E-state index contributed by atoms with van der Waals surface area (Å²) >= 11 is 3.11. The van der Waals surface area contributed by atoms with Crippen molar-refractivity contribution in [3.05, 3.63) is 169 Å². The second kappa shape index (κ2) is 26.7. The zero-order chi connectivity index (χ0) is 62.6. The molecule has 0 spiro atoms. The molecule has 14 nitrogen and oxygen atoms in total. The SMILES string of the molecule is COC(=O)[C@H](Cc1ccc(B2OC(C)(C)C(C)(C)O2)c2c1CCCO2)NC(=O)c1c(F)cccc1F.Fc1cc(Br)c(OC2CC2)cc1F.O=C(N[C@@H](Cc1ccc(-c2cc(F)c(F)cc2OC2CC2)c2c1CCCO2)C(=O)O)c1c(F)cccc1F. The molecule has 3 aliphatic heterocycles. The van der Waals surface area contributed by atoms with E-state index in [2.05, 4.69) is 26.6 Å². The Morgan fingerprint density at radius 1 is 0.598 bits per heavy atom. The van der Waals surface area contributed by atoms with Crippen LogP contribution in [0.4, 0.5) is 35.1 Å². The van der Waals surface area contributed by atoms with Crippen LogP contribution in [0.1, 0.15) is 109 Å². The minimum Gasteiger partial charge on any atom is -0.494 e. The summed E-state index contributed by atoms with van der Waals surface area (Å²) in [5.74, 6) is -10.9. The van der Waals surface area contributed by atoms with Gasteiger partial charge in [0.15, 0.2) is 23.3 Å². The molecule has 460 valence electrons. The van der Waals surface area contributed by atoms with Gasteiger partial charge >= 0.3 is 19.1 Å². The molecule has 0 aromatic heterocycles. The van der Waals surface area contributed by atoms with Crippen molar-refractivity contribution in [2.45, 2.75) is 127 Å². The normalized spacial score (nSPS) is 16.8. The topological polar surface area (TPSA) is 177 Å². The van der Waals surface area contributed by atoms with E-state index in [1.807, 2.05) is 39.8 Å². The lowest BCUT2D eigenvalue weighted by atomic mass is 9.75. The van der Waals surface area contributed by atoms with Gasteiger partial charge in [-0.05, 0) is 154 Å². The van der Waals surface area contributed by atoms with Crippen molar-refractivity contribution in [3.8, 4) is 34.1 Å². The number of methoxy groups -OCH3 is 1. The van der Waals surface area contributed by atoms with Crippen LogP contribution in [0.15, 0.2) is 89.4 Å². The zero-order valence-electron chi connectivity index (χ0n) is 47.8. The van der Waals surface area contributed by atoms with Crippen LogP contribution >= 0.6 is 15.9 Å². The maximum absolute atomic E-state index is 14.3. The molecule has 11 rings (SSSR count). The van der Waals surface area contributed by atoms with Crippen LogP contribution in [0.5, 0.6) is 23.0 Å². The Morgan fingerprint density at radius 2 is 1.05 bits per heavy atom. The Labute approximate surface area is 504 Å². The number of aliphatic carboxylic acids is 1. The van der Waals surface area contributed by atoms with Crippen LogP contribution in [-0.2, 0) is 49.3 Å². The minimum absolute atomic E-state index is 0.0455. The third-order valence-corrected chi connectivity index (χ3v) is 16.1. The molecule has 2 amide bonds. The minimum atomic E-state index is -1.50. The summed E-state index contributed by atoms with van der Waals surface area (Å²) in [5, 5.41) is 14.4. The smallest absolute Gasteiger partial charge is 0.494 e. The van der Waals surface area contributed by atoms with Crippen molar-refractivity contribution in [2.75, 3.05) is 20.3 Å². The standard InChI is InChI=1S/C28H23F4NO5.C26H30BF2NO6.C9H7BrF2O/c29-19-4-1-5-20(30)25(19)27(34)33-23(28(35)36)11-14-6-9-17(26-16(14)3-2-10-37-26)18-12-21(31)22(32)13-24(18)38-15-7-8-15;1-25(2)26(3,4)36-27(35-25)17-12-11-15(16-8-7-13-34-22(16)17)14-20(24(32)33-5)30-23(31)21-18(28)9-6-10-19(21)29;10-6-3-7(11)8(12)4-9(6)13-5-1-2-5/h1,4-6,9,12-13,15,23H,2-3,7-8,10-11H2,(H,33,34)(H,35,36);6,9-12,20H,7-8,13-14H2,1-5H3,(H,30,31);3-5H,1-2H2/t23-;20-;/m00./s1. The zero-order valence-corrected chi connectivity index (χ0v) is 49.4. The number of hydrogen-bond acceptors (Lipinski definition) is 11. The summed E-state index contributed by atoms with van der Waals surface area (Å²) in [6.45, 7) is 8.76. The van der Waals surface area contributed by atoms with Crippen LogP contribution in [-0.4, -0.2) is 91.8 Å². The van der Waals surface area contributed by atoms with Gasteiger partial charge in [0, 0.05) is 41.6 Å². The number of ether oxygens (including phenoxy) is 5. The first-order valence-electron chi connectivity index (χ1n) is 28.0. The average Bonchev–Trinajstić information content (AvgIpc) is 1.91. The molecule has 1 saturated heterocycles. The quantitative estimate of drug-likeness (QED) is 0.0362.